The second-order valence-corrected chi connectivity index (χ2v) is 6.19. The fourth-order valence-corrected chi connectivity index (χ4v) is 2.10. The highest BCUT2D eigenvalue weighted by Gasteiger charge is 1.93. The highest BCUT2D eigenvalue weighted by molar-refractivity contribution is 5.27. The van der Waals surface area contributed by atoms with Gasteiger partial charge >= 0.3 is 0 Å². The van der Waals surface area contributed by atoms with Gasteiger partial charge in [-0.25, -0.2) is 0 Å². The van der Waals surface area contributed by atoms with Gasteiger partial charge in [0.05, 0.1) is 0 Å². The Morgan fingerprint density at radius 3 is 2.11 bits per heavy atom. The van der Waals surface area contributed by atoms with Crippen LogP contribution in [0.25, 0.3) is 0 Å². The van der Waals surface area contributed by atoms with Crippen LogP contribution in [0.2, 0.25) is 0 Å². The molecule has 0 heterocycles. The van der Waals surface area contributed by atoms with E-state index < -0.39 is 0 Å². The molecular formula is C28H42. The van der Waals surface area contributed by atoms with Gasteiger partial charge in [0, 0.05) is 0 Å². The predicted molar refractivity (Wildman–Crippen MR) is 132 cm³/mol. The molecule has 0 unspecified atom stereocenters. The summed E-state index contributed by atoms with van der Waals surface area (Å²) in [6.45, 7) is 14.0. The minimum atomic E-state index is 1.04. The van der Waals surface area contributed by atoms with E-state index in [0.29, 0.717) is 0 Å². The standard InChI is InChI=1S/C14H18.C7H14.C7H10/c1-3-5-9-13(4-2)12-14-10-7-6-8-11-14;2*1-3-5-7-6-4-2/h4-11H,3,12H2,1-2H3;3,5H,4,6-7H2,1-2H3;3-7H,1H2,2H3/b9-5-,13-4+;5-3-;6-4-,7-5-. The summed E-state index contributed by atoms with van der Waals surface area (Å²) in [6.07, 6.45) is 26.5. The molecule has 154 valence electrons. The van der Waals surface area contributed by atoms with Crippen LogP contribution in [0, 0.1) is 0 Å². The molecule has 0 bridgehead atoms. The van der Waals surface area contributed by atoms with Gasteiger partial charge in [-0.1, -0.05) is 124 Å². The summed E-state index contributed by atoms with van der Waals surface area (Å²) in [5, 5.41) is 0. The molecule has 0 radical (unpaired) electrons. The zero-order chi connectivity index (χ0) is 21.3. The predicted octanol–water partition coefficient (Wildman–Crippen LogP) is 9.20. The third kappa shape index (κ3) is 21.7. The largest absolute Gasteiger partial charge is 0.0991 e. The van der Waals surface area contributed by atoms with Crippen LogP contribution < -0.4 is 0 Å². The summed E-state index contributed by atoms with van der Waals surface area (Å²) in [5.41, 5.74) is 2.76. The molecule has 0 N–H and O–H groups in total. The number of unbranched alkanes of at least 4 members (excludes halogenated alkanes) is 2. The number of benzene rings is 1. The van der Waals surface area contributed by atoms with Crippen molar-refractivity contribution in [3.05, 3.63) is 109 Å². The molecule has 1 rings (SSSR count). The second kappa shape index (κ2) is 24.7. The zero-order valence-corrected chi connectivity index (χ0v) is 18.9. The van der Waals surface area contributed by atoms with Crippen LogP contribution in [0.5, 0.6) is 0 Å². The summed E-state index contributed by atoms with van der Waals surface area (Å²) in [7, 11) is 0. The fourth-order valence-electron chi connectivity index (χ4n) is 2.10. The van der Waals surface area contributed by atoms with Crippen LogP contribution in [0.1, 0.15) is 65.9 Å². The van der Waals surface area contributed by atoms with Crippen molar-refractivity contribution < 1.29 is 0 Å². The van der Waals surface area contributed by atoms with Crippen LogP contribution >= 0.6 is 0 Å². The van der Waals surface area contributed by atoms with Gasteiger partial charge in [0.25, 0.3) is 0 Å². The third-order valence-electron chi connectivity index (χ3n) is 3.70. The Hall–Kier alpha value is -2.34. The van der Waals surface area contributed by atoms with E-state index in [4.69, 9.17) is 0 Å². The highest BCUT2D eigenvalue weighted by atomic mass is 14.0. The maximum absolute atomic E-state index is 3.51. The van der Waals surface area contributed by atoms with E-state index in [1.807, 2.05) is 31.2 Å². The van der Waals surface area contributed by atoms with Crippen molar-refractivity contribution in [2.75, 3.05) is 0 Å². The molecule has 0 saturated heterocycles. The van der Waals surface area contributed by atoms with Gasteiger partial charge in [0.1, 0.15) is 0 Å². The molecule has 0 aliphatic carbocycles. The number of rotatable bonds is 9. The lowest BCUT2D eigenvalue weighted by Gasteiger charge is -2.01. The number of hydrogen-bond donors (Lipinski definition) is 0. The molecule has 28 heavy (non-hydrogen) atoms. The van der Waals surface area contributed by atoms with Gasteiger partial charge in [-0.3, -0.25) is 0 Å². The first-order valence-corrected chi connectivity index (χ1v) is 10.6. The molecule has 0 saturated carbocycles. The van der Waals surface area contributed by atoms with E-state index in [1.54, 1.807) is 6.08 Å². The molecule has 0 heteroatoms. The van der Waals surface area contributed by atoms with Gasteiger partial charge in [0.2, 0.25) is 0 Å². The van der Waals surface area contributed by atoms with Crippen molar-refractivity contribution in [1.82, 2.24) is 0 Å². The fraction of sp³-hybridized carbons (Fsp3) is 0.357. The lowest BCUT2D eigenvalue weighted by Crippen LogP contribution is -1.86. The maximum Gasteiger partial charge on any atom is -0.00292 e. The molecule has 1 aromatic rings. The second-order valence-electron chi connectivity index (χ2n) is 6.19. The lowest BCUT2D eigenvalue weighted by molar-refractivity contribution is 0.814. The monoisotopic (exact) mass is 378 g/mol. The van der Waals surface area contributed by atoms with Crippen molar-refractivity contribution in [2.24, 2.45) is 0 Å². The highest BCUT2D eigenvalue weighted by Crippen LogP contribution is 2.09. The molecule has 0 amide bonds. The van der Waals surface area contributed by atoms with Gasteiger partial charge in [-0.15, -0.1) is 0 Å². The summed E-state index contributed by atoms with van der Waals surface area (Å²) in [6, 6.07) is 10.6. The Kier molecular flexibility index (Phi) is 24.5. The average Bonchev–Trinajstić information content (AvgIpc) is 2.73. The number of hydrogen-bond acceptors (Lipinski definition) is 0. The molecule has 0 nitrogen and oxygen atoms in total. The van der Waals surface area contributed by atoms with Crippen molar-refractivity contribution >= 4 is 0 Å². The zero-order valence-electron chi connectivity index (χ0n) is 18.9. The van der Waals surface area contributed by atoms with Crippen molar-refractivity contribution in [3.8, 4) is 0 Å². The van der Waals surface area contributed by atoms with E-state index in [2.05, 4.69) is 95.0 Å². The smallest absolute Gasteiger partial charge is 0.00292 e. The summed E-state index contributed by atoms with van der Waals surface area (Å²) in [4.78, 5) is 0. The van der Waals surface area contributed by atoms with E-state index in [0.717, 1.165) is 12.8 Å². The molecular weight excluding hydrogens is 336 g/mol. The Morgan fingerprint density at radius 1 is 0.893 bits per heavy atom. The summed E-state index contributed by atoms with van der Waals surface area (Å²) >= 11 is 0. The minimum Gasteiger partial charge on any atom is -0.0991 e. The average molecular weight is 379 g/mol. The number of allylic oxidation sites excluding steroid dienone is 11. The van der Waals surface area contributed by atoms with Crippen LogP contribution in [0.4, 0.5) is 0 Å². The van der Waals surface area contributed by atoms with Gasteiger partial charge in [-0.05, 0) is 51.2 Å². The minimum absolute atomic E-state index is 1.04. The molecule has 1 aromatic carbocycles. The van der Waals surface area contributed by atoms with Crippen molar-refractivity contribution in [1.29, 1.82) is 0 Å². The lowest BCUT2D eigenvalue weighted by atomic mass is 10.0. The SMILES string of the molecule is C/C=C(\C=C/CC)Cc1ccccc1.C/C=C\CCCC.C=C/C=C\C=C/C. The van der Waals surface area contributed by atoms with Crippen molar-refractivity contribution in [3.63, 3.8) is 0 Å². The van der Waals surface area contributed by atoms with Crippen LogP contribution in [0.15, 0.2) is 103 Å². The first-order chi connectivity index (χ1) is 13.7. The van der Waals surface area contributed by atoms with E-state index >= 15 is 0 Å². The quantitative estimate of drug-likeness (QED) is 0.228. The topological polar surface area (TPSA) is 0 Å². The van der Waals surface area contributed by atoms with Crippen LogP contribution in [-0.4, -0.2) is 0 Å². The van der Waals surface area contributed by atoms with Gasteiger partial charge in [0.15, 0.2) is 0 Å². The van der Waals surface area contributed by atoms with Crippen molar-refractivity contribution in [2.45, 2.75) is 66.7 Å². The molecule has 0 aliphatic rings. The van der Waals surface area contributed by atoms with Gasteiger partial charge in [-0.2, -0.15) is 0 Å². The molecule has 0 spiro atoms. The molecule has 0 aliphatic heterocycles. The molecule has 0 aromatic heterocycles. The molecule has 0 fully saturated rings. The Balaban J connectivity index is 0. The van der Waals surface area contributed by atoms with E-state index in [1.165, 1.54) is 30.4 Å². The summed E-state index contributed by atoms with van der Waals surface area (Å²) in [5.74, 6) is 0. The summed E-state index contributed by atoms with van der Waals surface area (Å²) < 4.78 is 0. The van der Waals surface area contributed by atoms with Crippen LogP contribution in [-0.2, 0) is 6.42 Å². The third-order valence-corrected chi connectivity index (χ3v) is 3.70. The Morgan fingerprint density at radius 2 is 1.61 bits per heavy atom. The van der Waals surface area contributed by atoms with Gasteiger partial charge < -0.3 is 0 Å². The Labute approximate surface area is 175 Å². The Bertz CT molecular complexity index is 580. The van der Waals surface area contributed by atoms with E-state index in [9.17, 15) is 0 Å². The normalized spacial score (nSPS) is 11.5. The van der Waals surface area contributed by atoms with E-state index in [-0.39, 0.29) is 0 Å². The van der Waals surface area contributed by atoms with Crippen LogP contribution in [0.3, 0.4) is 0 Å². The first kappa shape index (κ1) is 27.9. The maximum atomic E-state index is 3.51. The molecule has 0 atom stereocenters. The first-order valence-electron chi connectivity index (χ1n) is 10.6.